The molecule has 5 nitrogen and oxygen atoms in total. The molecule has 22 heavy (non-hydrogen) atoms. The fraction of sp³-hybridized carbons (Fsp3) is 0.529. The number of rotatable bonds is 6. The minimum Gasteiger partial charge on any atom is -0.481 e. The summed E-state index contributed by atoms with van der Waals surface area (Å²) < 4.78 is 5.68. The second-order valence-electron chi connectivity index (χ2n) is 6.44. The molecule has 0 bridgehead atoms. The fourth-order valence-corrected chi connectivity index (χ4v) is 2.63. The molecule has 5 heteroatoms. The van der Waals surface area contributed by atoms with Gasteiger partial charge in [0.15, 0.2) is 0 Å². The highest BCUT2D eigenvalue weighted by molar-refractivity contribution is 5.83. The summed E-state index contributed by atoms with van der Waals surface area (Å²) in [5, 5.41) is 9.02. The Balaban J connectivity index is 1.84. The van der Waals surface area contributed by atoms with Crippen LogP contribution in [0.2, 0.25) is 0 Å². The van der Waals surface area contributed by atoms with Crippen molar-refractivity contribution in [2.24, 2.45) is 11.3 Å². The standard InChI is InChI=1S/C17H23NO4/c1-17(2,12-22-11-13-6-4-3-5-7-13)16(21)18-9-8-14(10-18)15(19)20/h3-7,14H,8-12H2,1-2H3,(H,19,20). The van der Waals surface area contributed by atoms with Crippen molar-refractivity contribution in [1.82, 2.24) is 4.90 Å². The Morgan fingerprint density at radius 1 is 1.32 bits per heavy atom. The molecule has 120 valence electrons. The maximum atomic E-state index is 12.5. The predicted molar refractivity (Wildman–Crippen MR) is 82.2 cm³/mol. The second kappa shape index (κ2) is 6.92. The number of likely N-dealkylation sites (tertiary alicyclic amines) is 1. The Morgan fingerprint density at radius 3 is 2.59 bits per heavy atom. The predicted octanol–water partition coefficient (Wildman–Crippen LogP) is 2.16. The number of ether oxygens (including phenoxy) is 1. The first kappa shape index (κ1) is 16.5. The third kappa shape index (κ3) is 4.07. The van der Waals surface area contributed by atoms with Crippen LogP contribution in [0.5, 0.6) is 0 Å². The van der Waals surface area contributed by atoms with Gasteiger partial charge in [-0.15, -0.1) is 0 Å². The van der Waals surface area contributed by atoms with Gasteiger partial charge in [-0.2, -0.15) is 0 Å². The lowest BCUT2D eigenvalue weighted by molar-refractivity contribution is -0.144. The summed E-state index contributed by atoms with van der Waals surface area (Å²) in [4.78, 5) is 25.2. The van der Waals surface area contributed by atoms with Gasteiger partial charge in [-0.05, 0) is 25.8 Å². The molecule has 1 amide bonds. The third-order valence-corrected chi connectivity index (χ3v) is 3.98. The van der Waals surface area contributed by atoms with E-state index in [4.69, 9.17) is 9.84 Å². The number of carbonyl (C=O) groups is 2. The van der Waals surface area contributed by atoms with Gasteiger partial charge in [-0.25, -0.2) is 0 Å². The summed E-state index contributed by atoms with van der Waals surface area (Å²) in [6.07, 6.45) is 0.530. The van der Waals surface area contributed by atoms with E-state index in [9.17, 15) is 9.59 Å². The largest absolute Gasteiger partial charge is 0.481 e. The van der Waals surface area contributed by atoms with E-state index in [1.54, 1.807) is 4.90 Å². The molecule has 0 saturated carbocycles. The number of carbonyl (C=O) groups excluding carboxylic acids is 1. The van der Waals surface area contributed by atoms with E-state index in [0.29, 0.717) is 32.7 Å². The Labute approximate surface area is 130 Å². The zero-order chi connectivity index (χ0) is 16.2. The summed E-state index contributed by atoms with van der Waals surface area (Å²) >= 11 is 0. The maximum Gasteiger partial charge on any atom is 0.308 e. The van der Waals surface area contributed by atoms with Crippen molar-refractivity contribution in [2.45, 2.75) is 26.9 Å². The van der Waals surface area contributed by atoms with Gasteiger partial charge in [0.25, 0.3) is 0 Å². The number of carboxylic acid groups (broad SMARTS) is 1. The van der Waals surface area contributed by atoms with Crippen LogP contribution >= 0.6 is 0 Å². The molecule has 1 aliphatic heterocycles. The van der Waals surface area contributed by atoms with Crippen molar-refractivity contribution < 1.29 is 19.4 Å². The molecule has 1 atom stereocenters. The van der Waals surface area contributed by atoms with E-state index in [1.165, 1.54) is 0 Å². The average Bonchev–Trinajstić information content (AvgIpc) is 2.97. The van der Waals surface area contributed by atoms with Gasteiger partial charge in [0.1, 0.15) is 0 Å². The van der Waals surface area contributed by atoms with Crippen LogP contribution in [0.4, 0.5) is 0 Å². The highest BCUT2D eigenvalue weighted by Gasteiger charge is 2.38. The zero-order valence-electron chi connectivity index (χ0n) is 13.1. The van der Waals surface area contributed by atoms with Gasteiger partial charge in [-0.1, -0.05) is 30.3 Å². The molecular weight excluding hydrogens is 282 g/mol. The summed E-state index contributed by atoms with van der Waals surface area (Å²) in [7, 11) is 0. The SMILES string of the molecule is CC(C)(COCc1ccccc1)C(=O)N1CCC(C(=O)O)C1. The van der Waals surface area contributed by atoms with Crippen LogP contribution in [-0.4, -0.2) is 41.6 Å². The van der Waals surface area contributed by atoms with Crippen molar-refractivity contribution in [1.29, 1.82) is 0 Å². The minimum absolute atomic E-state index is 0.0377. The van der Waals surface area contributed by atoms with Crippen molar-refractivity contribution in [2.75, 3.05) is 19.7 Å². The van der Waals surface area contributed by atoms with Crippen molar-refractivity contribution in [3.63, 3.8) is 0 Å². The summed E-state index contributed by atoms with van der Waals surface area (Å²) in [6, 6.07) is 9.80. The molecule has 1 aromatic carbocycles. The molecule has 1 saturated heterocycles. The van der Waals surface area contributed by atoms with E-state index in [1.807, 2.05) is 44.2 Å². The van der Waals surface area contributed by atoms with Gasteiger partial charge in [-0.3, -0.25) is 9.59 Å². The molecule has 1 fully saturated rings. The first-order chi connectivity index (χ1) is 10.4. The van der Waals surface area contributed by atoms with Crippen LogP contribution in [0.15, 0.2) is 30.3 Å². The Bertz CT molecular complexity index is 527. The van der Waals surface area contributed by atoms with E-state index in [-0.39, 0.29) is 5.91 Å². The van der Waals surface area contributed by atoms with E-state index in [2.05, 4.69) is 0 Å². The minimum atomic E-state index is -0.826. The van der Waals surface area contributed by atoms with E-state index >= 15 is 0 Å². The summed E-state index contributed by atoms with van der Waals surface area (Å²) in [6.45, 7) is 5.28. The number of amides is 1. The Morgan fingerprint density at radius 2 is 2.00 bits per heavy atom. The van der Waals surface area contributed by atoms with E-state index in [0.717, 1.165) is 5.56 Å². The average molecular weight is 305 g/mol. The van der Waals surface area contributed by atoms with Gasteiger partial charge >= 0.3 is 5.97 Å². The maximum absolute atomic E-state index is 12.5. The monoisotopic (exact) mass is 305 g/mol. The molecular formula is C17H23NO4. The molecule has 0 spiro atoms. The van der Waals surface area contributed by atoms with Crippen LogP contribution in [0.3, 0.4) is 0 Å². The highest BCUT2D eigenvalue weighted by Crippen LogP contribution is 2.25. The summed E-state index contributed by atoms with van der Waals surface area (Å²) in [5.74, 6) is -1.30. The van der Waals surface area contributed by atoms with Crippen molar-refractivity contribution in [3.8, 4) is 0 Å². The number of nitrogens with zero attached hydrogens (tertiary/aromatic N) is 1. The number of aliphatic carboxylic acids is 1. The summed E-state index contributed by atoms with van der Waals surface area (Å²) in [5.41, 5.74) is 0.417. The normalized spacial score (nSPS) is 18.5. The van der Waals surface area contributed by atoms with Gasteiger partial charge < -0.3 is 14.7 Å². The molecule has 1 unspecified atom stereocenters. The van der Waals surface area contributed by atoms with Crippen molar-refractivity contribution in [3.05, 3.63) is 35.9 Å². The fourth-order valence-electron chi connectivity index (χ4n) is 2.63. The second-order valence-corrected chi connectivity index (χ2v) is 6.44. The van der Waals surface area contributed by atoms with Gasteiger partial charge in [0.05, 0.1) is 24.5 Å². The first-order valence-corrected chi connectivity index (χ1v) is 7.54. The van der Waals surface area contributed by atoms with Crippen LogP contribution in [-0.2, 0) is 20.9 Å². The Kier molecular flexibility index (Phi) is 5.19. The molecule has 1 aliphatic rings. The lowest BCUT2D eigenvalue weighted by Gasteiger charge is -2.29. The highest BCUT2D eigenvalue weighted by atomic mass is 16.5. The molecule has 2 rings (SSSR count). The zero-order valence-corrected chi connectivity index (χ0v) is 13.1. The third-order valence-electron chi connectivity index (χ3n) is 3.98. The van der Waals surface area contributed by atoms with Gasteiger partial charge in [0, 0.05) is 13.1 Å². The topological polar surface area (TPSA) is 66.8 Å². The number of carboxylic acids is 1. The lowest BCUT2D eigenvalue weighted by Crippen LogP contribution is -2.42. The number of hydrogen-bond donors (Lipinski definition) is 1. The molecule has 1 aromatic rings. The van der Waals surface area contributed by atoms with Crippen LogP contribution in [0, 0.1) is 11.3 Å². The van der Waals surface area contributed by atoms with Crippen LogP contribution in [0.1, 0.15) is 25.8 Å². The number of benzene rings is 1. The molecule has 0 aliphatic carbocycles. The van der Waals surface area contributed by atoms with E-state index < -0.39 is 17.3 Å². The molecule has 0 aromatic heterocycles. The van der Waals surface area contributed by atoms with Crippen LogP contribution < -0.4 is 0 Å². The van der Waals surface area contributed by atoms with Crippen LogP contribution in [0.25, 0.3) is 0 Å². The number of hydrogen-bond acceptors (Lipinski definition) is 3. The molecule has 1 N–H and O–H groups in total. The Hall–Kier alpha value is -1.88. The molecule has 1 heterocycles. The smallest absolute Gasteiger partial charge is 0.308 e. The van der Waals surface area contributed by atoms with Crippen molar-refractivity contribution >= 4 is 11.9 Å². The van der Waals surface area contributed by atoms with Gasteiger partial charge in [0.2, 0.25) is 5.91 Å². The molecule has 0 radical (unpaired) electrons. The first-order valence-electron chi connectivity index (χ1n) is 7.54. The quantitative estimate of drug-likeness (QED) is 0.874. The lowest BCUT2D eigenvalue weighted by atomic mass is 9.93.